The van der Waals surface area contributed by atoms with Gasteiger partial charge < -0.3 is 98.3 Å². The van der Waals surface area contributed by atoms with Crippen LogP contribution in [0.2, 0.25) is 5.02 Å². The average molecular weight is 1080 g/mol. The van der Waals surface area contributed by atoms with Crippen LogP contribution in [-0.2, 0) is 34.4 Å². The Kier molecular flexibility index (Phi) is 30.4. The Morgan fingerprint density at radius 1 is 0.733 bits per heavy atom. The van der Waals surface area contributed by atoms with Crippen LogP contribution in [0.15, 0.2) is 75.1 Å². The third-order valence-corrected chi connectivity index (χ3v) is 8.20. The van der Waals surface area contributed by atoms with Gasteiger partial charge >= 0.3 is 39.1 Å². The number of halogens is 2. The summed E-state index contributed by atoms with van der Waals surface area (Å²) in [6.45, 7) is 0. The lowest BCUT2D eigenvalue weighted by molar-refractivity contribution is -0.642. The Bertz CT molecular complexity index is 1950. The van der Waals surface area contributed by atoms with Crippen molar-refractivity contribution < 1.29 is 120 Å². The van der Waals surface area contributed by atoms with Crippen LogP contribution < -0.4 is 14.8 Å². The van der Waals surface area contributed by atoms with Crippen molar-refractivity contribution in [3.63, 3.8) is 0 Å². The van der Waals surface area contributed by atoms with Crippen molar-refractivity contribution in [1.29, 1.82) is 0 Å². The summed E-state index contributed by atoms with van der Waals surface area (Å²) in [5.41, 5.74) is 2.34. The van der Waals surface area contributed by atoms with Gasteiger partial charge in [-0.15, -0.1) is 0 Å². The van der Waals surface area contributed by atoms with E-state index in [1.165, 1.54) is 20.3 Å². The maximum Gasteiger partial charge on any atom is 0.466 e. The Balaban J connectivity index is -0.000000725. The minimum Gasteiger partial charge on any atom is -0.756 e. The number of phosphoric acid groups is 6. The van der Waals surface area contributed by atoms with Gasteiger partial charge in [0.1, 0.15) is 11.7 Å². The van der Waals surface area contributed by atoms with Crippen molar-refractivity contribution in [3.8, 4) is 0 Å². The molecule has 38 heteroatoms. The van der Waals surface area contributed by atoms with Gasteiger partial charge in [0.15, 0.2) is 0 Å². The topological polar surface area (TPSA) is 489 Å². The molecule has 3 heterocycles. The summed E-state index contributed by atoms with van der Waals surface area (Å²) in [5, 5.41) is 6.53. The molecule has 0 aliphatic carbocycles. The second kappa shape index (κ2) is 28.8. The molecule has 0 radical (unpaired) electrons. The fourth-order valence-corrected chi connectivity index (χ4v) is 6.02. The molecule has 0 atom stereocenters. The van der Waals surface area contributed by atoms with Crippen molar-refractivity contribution in [3.05, 3.63) is 80.2 Å². The third-order valence-electron chi connectivity index (χ3n) is 4.41. The molecule has 0 spiro atoms. The van der Waals surface area contributed by atoms with Crippen LogP contribution in [0.1, 0.15) is 5.01 Å². The van der Waals surface area contributed by atoms with Crippen LogP contribution in [-0.4, -0.2) is 101 Å². The van der Waals surface area contributed by atoms with Gasteiger partial charge in [0.2, 0.25) is 5.52 Å². The molecule has 0 bridgehead atoms. The lowest BCUT2D eigenvalue weighted by Gasteiger charge is -2.01. The molecule has 2 aromatic carbocycles. The zero-order valence-corrected chi connectivity index (χ0v) is 38.9. The van der Waals surface area contributed by atoms with Gasteiger partial charge in [0.05, 0.1) is 21.0 Å². The molecule has 0 saturated carbocycles. The van der Waals surface area contributed by atoms with E-state index in [9.17, 15) is 0 Å². The standard InChI is InChI=1S/C18H13ClN2S2.C4H6ClNS.6H3O4P/c1-21-14-11-12(19)9-10-16(14)23-18(21)8-4-7-17-20-13-5-2-3-6-15(13)22-17;1-6-2-4(5)7-3-6;6*1-5(2,3)4/h2-11H,1H3;2H,3H2,1H3;6*(H3,1,2,3,4). The molecule has 5 rings (SSSR count). The first kappa shape index (κ1) is 63.4. The Morgan fingerprint density at radius 3 is 1.50 bits per heavy atom. The van der Waals surface area contributed by atoms with Crippen molar-refractivity contribution in [2.45, 2.75) is 4.90 Å². The summed E-state index contributed by atoms with van der Waals surface area (Å²) in [4.78, 5) is 134. The number of allylic oxidation sites excluding steroid dienone is 2. The number of para-hydroxylation sites is 1. The second-order valence-electron chi connectivity index (χ2n) is 9.75. The summed E-state index contributed by atoms with van der Waals surface area (Å²) in [6, 6.07) is 14.4. The number of nitrogens with zero attached hydrogens (tertiary/aromatic N) is 2. The minimum absolute atomic E-state index is 0.771. The molecule has 18 N–H and O–H groups in total. The number of hydrogen-bond donors (Lipinski definition) is 18. The summed E-state index contributed by atoms with van der Waals surface area (Å²) < 4.78 is 57.5. The summed E-state index contributed by atoms with van der Waals surface area (Å²) >= 11 is 16.9. The smallest absolute Gasteiger partial charge is 0.466 e. The quantitative estimate of drug-likeness (QED) is 0.125. The molecular formula is C22H37Cl2N3O24P6S3. The number of fused-ring (bicyclic) bond motifs is 2. The largest absolute Gasteiger partial charge is 0.756 e. The van der Waals surface area contributed by atoms with E-state index in [-0.39, 0.29) is 0 Å². The van der Waals surface area contributed by atoms with Crippen LogP contribution in [0, 0.1) is 0 Å². The maximum absolute atomic E-state index is 8.88. The summed E-state index contributed by atoms with van der Waals surface area (Å²) in [7, 11) is -24.0. The Hall–Kier alpha value is -0.910. The predicted octanol–water partition coefficient (Wildman–Crippen LogP) is 0.908. The van der Waals surface area contributed by atoms with Crippen molar-refractivity contribution in [2.24, 2.45) is 7.05 Å². The van der Waals surface area contributed by atoms with Gasteiger partial charge in [-0.1, -0.05) is 76.3 Å². The highest BCUT2D eigenvalue weighted by Gasteiger charge is 2.16. The number of thioether (sulfide) groups is 2. The van der Waals surface area contributed by atoms with Crippen molar-refractivity contribution in [1.82, 2.24) is 4.90 Å². The molecule has 3 aromatic rings. The minimum atomic E-state index is -4.89. The predicted molar refractivity (Wildman–Crippen MR) is 219 cm³/mol. The van der Waals surface area contributed by atoms with Crippen LogP contribution in [0.4, 0.5) is 5.69 Å². The van der Waals surface area contributed by atoms with Crippen LogP contribution in [0.3, 0.4) is 0 Å². The molecule has 1 aromatic heterocycles. The van der Waals surface area contributed by atoms with E-state index in [1.807, 2.05) is 36.3 Å². The number of benzene rings is 2. The first-order chi connectivity index (χ1) is 26.5. The van der Waals surface area contributed by atoms with Crippen molar-refractivity contribution >= 4 is 127 Å². The zero-order chi connectivity index (χ0) is 48.1. The highest BCUT2D eigenvalue weighted by Crippen LogP contribution is 2.40. The number of nitrogens with one attached hydrogen (secondary N) is 1. The van der Waals surface area contributed by atoms with Gasteiger partial charge in [-0.3, -0.25) is 4.57 Å². The highest BCUT2D eigenvalue weighted by molar-refractivity contribution is 8.04. The first-order valence-electron chi connectivity index (χ1n) is 13.9. The van der Waals surface area contributed by atoms with E-state index >= 15 is 0 Å². The molecule has 0 fully saturated rings. The SMILES string of the molecule is CN1C=C(Cl)SC1.C[n+]1c(C=CC=C2Nc3ccccc3S2)sc2ccc(Cl)cc21.O=P(O)(O)O.O=P(O)(O)O.O=P(O)(O)O.O=P(O)(O)O.O=P(O)(O)O.O=P([O-])(O)O. The van der Waals surface area contributed by atoms with Crippen molar-refractivity contribution in [2.75, 3.05) is 18.2 Å². The number of anilines is 1. The first-order valence-corrected chi connectivity index (χ1v) is 26.6. The second-order valence-corrected chi connectivity index (χ2v) is 20.1. The van der Waals surface area contributed by atoms with E-state index in [0.29, 0.717) is 0 Å². The lowest BCUT2D eigenvalue weighted by atomic mass is 10.3. The normalized spacial score (nSPS) is 14.2. The van der Waals surface area contributed by atoms with Crippen LogP contribution in [0.5, 0.6) is 0 Å². The van der Waals surface area contributed by atoms with E-state index in [1.54, 1.807) is 34.9 Å². The lowest BCUT2D eigenvalue weighted by Crippen LogP contribution is -2.28. The number of aryl methyl sites for hydroxylation is 1. The fraction of sp³-hybridized carbons (Fsp3) is 0.136. The fourth-order valence-electron chi connectivity index (χ4n) is 2.93. The van der Waals surface area contributed by atoms with Gasteiger partial charge in [-0.25, -0.2) is 22.8 Å². The number of aromatic nitrogens is 1. The van der Waals surface area contributed by atoms with E-state index in [4.69, 9.17) is 139 Å². The average Bonchev–Trinajstić information content (AvgIpc) is 3.64. The maximum atomic E-state index is 8.88. The molecule has 2 aliphatic rings. The zero-order valence-electron chi connectivity index (χ0n) is 29.6. The van der Waals surface area contributed by atoms with Crippen LogP contribution in [0.25, 0.3) is 16.3 Å². The monoisotopic (exact) mass is 1080 g/mol. The Labute approximate surface area is 360 Å². The third kappa shape index (κ3) is 53.2. The Morgan fingerprint density at radius 2 is 1.15 bits per heavy atom. The molecule has 0 saturated heterocycles. The molecular weight excluding hydrogens is 1040 g/mol. The number of thiazole rings is 1. The molecule has 346 valence electrons. The van der Waals surface area contributed by atoms with Gasteiger partial charge in [0, 0.05) is 35.3 Å². The molecule has 0 unspecified atom stereocenters. The molecule has 27 nitrogen and oxygen atoms in total. The molecule has 60 heavy (non-hydrogen) atoms. The van der Waals surface area contributed by atoms with E-state index in [0.717, 1.165) is 25.8 Å². The molecule has 2 aliphatic heterocycles. The van der Waals surface area contributed by atoms with Crippen LogP contribution >= 0.6 is 105 Å². The van der Waals surface area contributed by atoms with E-state index in [2.05, 4.69) is 59.4 Å². The van der Waals surface area contributed by atoms with Gasteiger partial charge in [-0.05, 0) is 30.3 Å². The van der Waals surface area contributed by atoms with Gasteiger partial charge in [0.25, 0.3) is 12.8 Å². The number of rotatable bonds is 2. The molecule has 0 amide bonds. The number of hydrogen-bond acceptors (Lipinski definition) is 12. The van der Waals surface area contributed by atoms with E-state index < -0.39 is 46.9 Å². The highest BCUT2D eigenvalue weighted by atomic mass is 35.5. The summed E-state index contributed by atoms with van der Waals surface area (Å²) in [6.07, 6.45) is 8.26. The summed E-state index contributed by atoms with van der Waals surface area (Å²) in [5.74, 6) is 0.999. The van der Waals surface area contributed by atoms with Gasteiger partial charge in [-0.2, -0.15) is 4.57 Å².